The molecule has 3 amide bonds. The molecule has 0 heterocycles. The molecule has 4 atom stereocenters. The van der Waals surface area contributed by atoms with E-state index in [1.807, 2.05) is 10.6 Å². The molecule has 8 N–H and O–H groups in total. The molecule has 16 heteroatoms. The lowest BCUT2D eigenvalue weighted by Crippen LogP contribution is -2.56. The molecule has 0 aromatic rings. The van der Waals surface area contributed by atoms with Crippen LogP contribution < -0.4 is 21.7 Å². The number of alkyl halides is 3. The van der Waals surface area contributed by atoms with Crippen LogP contribution in [0.2, 0.25) is 0 Å². The Hall–Kier alpha value is -2.98. The molecular formula is C14H21F3N4O9. The topological polar surface area (TPSA) is 217 Å². The number of nitrogens with one attached hydrogen (secondary N) is 3. The molecule has 172 valence electrons. The lowest BCUT2D eigenvalue weighted by molar-refractivity contribution is -0.200. The largest absolute Gasteiger partial charge is 0.490 e. The van der Waals surface area contributed by atoms with E-state index in [9.17, 15) is 37.1 Å². The molecule has 0 fully saturated rings. The summed E-state index contributed by atoms with van der Waals surface area (Å²) >= 11 is 0. The van der Waals surface area contributed by atoms with Gasteiger partial charge in [0.15, 0.2) is 6.04 Å². The molecule has 0 aliphatic carbocycles. The maximum atomic E-state index is 12.1. The van der Waals surface area contributed by atoms with Gasteiger partial charge in [-0.05, 0) is 6.92 Å². The van der Waals surface area contributed by atoms with Crippen LogP contribution in [-0.2, 0) is 28.7 Å². The van der Waals surface area contributed by atoms with E-state index < -0.39 is 79.8 Å². The van der Waals surface area contributed by atoms with E-state index in [2.05, 4.69) is 4.74 Å². The monoisotopic (exact) mass is 446 g/mol. The zero-order valence-corrected chi connectivity index (χ0v) is 15.4. The van der Waals surface area contributed by atoms with Gasteiger partial charge in [-0.25, -0.2) is 9.59 Å². The van der Waals surface area contributed by atoms with Crippen molar-refractivity contribution in [3.05, 3.63) is 0 Å². The summed E-state index contributed by atoms with van der Waals surface area (Å²) in [5, 5.41) is 32.8. The van der Waals surface area contributed by atoms with Crippen molar-refractivity contribution in [3.8, 4) is 0 Å². The fourth-order valence-corrected chi connectivity index (χ4v) is 1.63. The van der Waals surface area contributed by atoms with Gasteiger partial charge in [0.1, 0.15) is 18.7 Å². The predicted octanol–water partition coefficient (Wildman–Crippen LogP) is -4.04. The predicted molar refractivity (Wildman–Crippen MR) is 88.3 cm³/mol. The van der Waals surface area contributed by atoms with Gasteiger partial charge in [0.05, 0.1) is 19.3 Å². The zero-order chi connectivity index (χ0) is 23.6. The van der Waals surface area contributed by atoms with Gasteiger partial charge in [-0.2, -0.15) is 13.2 Å². The molecule has 0 aromatic heterocycles. The van der Waals surface area contributed by atoms with Crippen molar-refractivity contribution in [1.82, 2.24) is 16.0 Å². The molecule has 0 aliphatic heterocycles. The van der Waals surface area contributed by atoms with Crippen molar-refractivity contribution in [1.29, 1.82) is 0 Å². The van der Waals surface area contributed by atoms with Gasteiger partial charge in [0.25, 0.3) is 0 Å². The van der Waals surface area contributed by atoms with Crippen LogP contribution in [0.25, 0.3) is 0 Å². The summed E-state index contributed by atoms with van der Waals surface area (Å²) in [6.45, 7) is -1.93. The number of rotatable bonds is 11. The quantitative estimate of drug-likeness (QED) is 0.152. The third-order valence-electron chi connectivity index (χ3n) is 3.31. The van der Waals surface area contributed by atoms with Crippen LogP contribution in [0.3, 0.4) is 0 Å². The Morgan fingerprint density at radius 3 is 2.07 bits per heavy atom. The number of carboxylic acid groups (broad SMARTS) is 1. The number of nitrogens with two attached hydrogens (primary N) is 1. The SMILES string of the molecule is C[C@H](O)[C@H](N)C(=O)NCC(=O)N[C@@H](CO)C(=O)N[C@@H](COC(=O)C(F)(F)F)C(=O)O. The van der Waals surface area contributed by atoms with Gasteiger partial charge in [-0.15, -0.1) is 0 Å². The van der Waals surface area contributed by atoms with Gasteiger partial charge in [0.2, 0.25) is 17.7 Å². The lowest BCUT2D eigenvalue weighted by atomic mass is 10.2. The average molecular weight is 446 g/mol. The highest BCUT2D eigenvalue weighted by Gasteiger charge is 2.41. The van der Waals surface area contributed by atoms with Crippen molar-refractivity contribution in [3.63, 3.8) is 0 Å². The van der Waals surface area contributed by atoms with E-state index in [0.717, 1.165) is 0 Å². The number of carbonyl (C=O) groups is 5. The van der Waals surface area contributed by atoms with Gasteiger partial charge in [-0.1, -0.05) is 0 Å². The van der Waals surface area contributed by atoms with E-state index in [4.69, 9.17) is 21.1 Å². The molecule has 0 bridgehead atoms. The van der Waals surface area contributed by atoms with Gasteiger partial charge in [0, 0.05) is 0 Å². The number of carboxylic acids is 1. The Balaban J connectivity index is 4.78. The summed E-state index contributed by atoms with van der Waals surface area (Å²) in [6.07, 6.45) is -6.60. The number of aliphatic hydroxyl groups is 2. The van der Waals surface area contributed by atoms with Crippen LogP contribution >= 0.6 is 0 Å². The van der Waals surface area contributed by atoms with Gasteiger partial charge >= 0.3 is 18.1 Å². The van der Waals surface area contributed by atoms with Crippen LogP contribution in [-0.4, -0.2) is 95.1 Å². The second kappa shape index (κ2) is 11.9. The Morgan fingerprint density at radius 1 is 1.07 bits per heavy atom. The highest BCUT2D eigenvalue weighted by molar-refractivity contribution is 5.92. The molecule has 30 heavy (non-hydrogen) atoms. The summed E-state index contributed by atoms with van der Waals surface area (Å²) in [6, 6.07) is -5.20. The summed E-state index contributed by atoms with van der Waals surface area (Å²) < 4.78 is 40.0. The minimum Gasteiger partial charge on any atom is -0.480 e. The van der Waals surface area contributed by atoms with E-state index in [0.29, 0.717) is 0 Å². The molecule has 0 spiro atoms. The second-order valence-corrected chi connectivity index (χ2v) is 5.78. The first-order chi connectivity index (χ1) is 13.7. The first kappa shape index (κ1) is 27.0. The Kier molecular flexibility index (Phi) is 10.7. The Morgan fingerprint density at radius 2 is 1.63 bits per heavy atom. The van der Waals surface area contributed by atoms with Crippen molar-refractivity contribution in [2.45, 2.75) is 37.3 Å². The molecular weight excluding hydrogens is 425 g/mol. The van der Waals surface area contributed by atoms with Crippen molar-refractivity contribution in [2.75, 3.05) is 19.8 Å². The molecule has 0 aliphatic rings. The summed E-state index contributed by atoms with van der Waals surface area (Å²) in [4.78, 5) is 56.8. The number of hydrogen-bond donors (Lipinski definition) is 7. The number of ether oxygens (including phenoxy) is 1. The zero-order valence-electron chi connectivity index (χ0n) is 15.4. The van der Waals surface area contributed by atoms with Crippen molar-refractivity contribution >= 4 is 29.7 Å². The van der Waals surface area contributed by atoms with Crippen LogP contribution in [0, 0.1) is 0 Å². The van der Waals surface area contributed by atoms with E-state index in [1.54, 1.807) is 5.32 Å². The summed E-state index contributed by atoms with van der Waals surface area (Å²) in [7, 11) is 0. The summed E-state index contributed by atoms with van der Waals surface area (Å²) in [5.74, 6) is -7.79. The molecule has 0 saturated heterocycles. The standard InChI is InChI=1S/C14H21F3N4O9/c1-5(23)9(18)11(26)19-2-8(24)20-6(3-22)10(25)21-7(12(27)28)4-30-13(29)14(15,16)17/h5-7,9,22-23H,2-4,18H2,1H3,(H,19,26)(H,20,24)(H,21,25)(H,27,28)/t5-,6-,7-,9-/m0/s1. The van der Waals surface area contributed by atoms with E-state index in [1.165, 1.54) is 6.92 Å². The number of halogens is 3. The maximum absolute atomic E-state index is 12.1. The highest BCUT2D eigenvalue weighted by Crippen LogP contribution is 2.16. The number of esters is 1. The smallest absolute Gasteiger partial charge is 0.480 e. The Labute approximate surface area is 166 Å². The molecule has 0 aromatic carbocycles. The fraction of sp³-hybridized carbons (Fsp3) is 0.643. The summed E-state index contributed by atoms with van der Waals surface area (Å²) in [5.41, 5.74) is 5.32. The number of amides is 3. The van der Waals surface area contributed by atoms with Crippen molar-refractivity contribution < 1.29 is 57.2 Å². The first-order valence-corrected chi connectivity index (χ1v) is 8.09. The fourth-order valence-electron chi connectivity index (χ4n) is 1.63. The van der Waals surface area contributed by atoms with Crippen molar-refractivity contribution in [2.24, 2.45) is 5.73 Å². The molecule has 0 unspecified atom stereocenters. The molecule has 13 nitrogen and oxygen atoms in total. The Bertz CT molecular complexity index is 657. The average Bonchev–Trinajstić information content (AvgIpc) is 2.64. The third kappa shape index (κ3) is 9.48. The second-order valence-electron chi connectivity index (χ2n) is 5.78. The highest BCUT2D eigenvalue weighted by atomic mass is 19.4. The number of carbonyl (C=O) groups excluding carboxylic acids is 4. The van der Waals surface area contributed by atoms with Crippen LogP contribution in [0.15, 0.2) is 0 Å². The minimum absolute atomic E-state index is 0.728. The van der Waals surface area contributed by atoms with E-state index >= 15 is 0 Å². The lowest BCUT2D eigenvalue weighted by Gasteiger charge is -2.20. The maximum Gasteiger partial charge on any atom is 0.490 e. The number of aliphatic hydroxyl groups excluding tert-OH is 2. The van der Waals surface area contributed by atoms with E-state index in [-0.39, 0.29) is 0 Å². The van der Waals surface area contributed by atoms with Crippen LogP contribution in [0.4, 0.5) is 13.2 Å². The van der Waals surface area contributed by atoms with Crippen LogP contribution in [0.1, 0.15) is 6.92 Å². The first-order valence-electron chi connectivity index (χ1n) is 8.09. The number of aliphatic carboxylic acids is 1. The normalized spacial score (nSPS) is 15.2. The molecule has 0 saturated carbocycles. The van der Waals surface area contributed by atoms with Crippen LogP contribution in [0.5, 0.6) is 0 Å². The van der Waals surface area contributed by atoms with Gasteiger partial charge < -0.3 is 41.7 Å². The molecule has 0 radical (unpaired) electrons. The third-order valence-corrected chi connectivity index (χ3v) is 3.31. The van der Waals surface area contributed by atoms with Gasteiger partial charge in [-0.3, -0.25) is 14.4 Å². The molecule has 0 rings (SSSR count). The minimum atomic E-state index is -5.38. The number of hydrogen-bond acceptors (Lipinski definition) is 9.